The van der Waals surface area contributed by atoms with Crippen LogP contribution in [-0.2, 0) is 0 Å². The molecular formula is C7H13NO. The zero-order valence-corrected chi connectivity index (χ0v) is 6.43. The Bertz CT molecular complexity index is 141. The Morgan fingerprint density at radius 3 is 2.00 bits per heavy atom. The van der Waals surface area contributed by atoms with Gasteiger partial charge in [0.05, 0.1) is 6.20 Å². The van der Waals surface area contributed by atoms with Crippen molar-refractivity contribution in [3.8, 4) is 0 Å². The molecule has 0 aliphatic heterocycles. The van der Waals surface area contributed by atoms with Gasteiger partial charge in [-0.2, -0.15) is 0 Å². The molecule has 2 nitrogen and oxygen atoms in total. The van der Waals surface area contributed by atoms with Gasteiger partial charge in [0.15, 0.2) is 5.89 Å². The van der Waals surface area contributed by atoms with E-state index in [1.807, 2.05) is 27.7 Å². The number of nitrogens with zero attached hydrogens (tertiary/aromatic N) is 1. The maximum absolute atomic E-state index is 4.97. The first-order chi connectivity index (χ1) is 4.29. The Morgan fingerprint density at radius 1 is 1.33 bits per heavy atom. The standard InChI is InChI=1S/C5H7NO.C2H6/c1-4-3-6-5(2)7-4;1-2/h3H,1-2H3;1-2H3. The van der Waals surface area contributed by atoms with Crippen molar-refractivity contribution in [1.82, 2.24) is 4.98 Å². The largest absolute Gasteiger partial charge is 0.446 e. The molecule has 0 atom stereocenters. The van der Waals surface area contributed by atoms with Crippen LogP contribution >= 0.6 is 0 Å². The average molecular weight is 127 g/mol. The molecule has 1 rings (SSSR count). The average Bonchev–Trinajstić information content (AvgIpc) is 2.20. The predicted molar refractivity (Wildman–Crippen MR) is 37.3 cm³/mol. The lowest BCUT2D eigenvalue weighted by Gasteiger charge is -1.73. The van der Waals surface area contributed by atoms with Crippen LogP contribution in [0.15, 0.2) is 10.6 Å². The molecule has 2 heteroatoms. The fraction of sp³-hybridized carbons (Fsp3) is 0.571. The SMILES string of the molecule is CC.Cc1cnc(C)o1. The molecule has 0 amide bonds. The number of oxazole rings is 1. The van der Waals surface area contributed by atoms with Gasteiger partial charge in [-0.3, -0.25) is 0 Å². The van der Waals surface area contributed by atoms with Crippen LogP contribution in [0.3, 0.4) is 0 Å². The lowest BCUT2D eigenvalue weighted by atomic mass is 10.6. The summed E-state index contributed by atoms with van der Waals surface area (Å²) in [5, 5.41) is 0. The minimum Gasteiger partial charge on any atom is -0.446 e. The van der Waals surface area contributed by atoms with Crippen LogP contribution in [0.1, 0.15) is 25.5 Å². The summed E-state index contributed by atoms with van der Waals surface area (Å²) in [5.41, 5.74) is 0. The Hall–Kier alpha value is -0.790. The quantitative estimate of drug-likeness (QED) is 0.534. The zero-order valence-electron chi connectivity index (χ0n) is 6.43. The van der Waals surface area contributed by atoms with Gasteiger partial charge in [-0.25, -0.2) is 4.98 Å². The highest BCUT2D eigenvalue weighted by molar-refractivity contribution is 4.87. The van der Waals surface area contributed by atoms with Crippen LogP contribution < -0.4 is 0 Å². The van der Waals surface area contributed by atoms with Gasteiger partial charge in [0.1, 0.15) is 5.76 Å². The number of aryl methyl sites for hydroxylation is 2. The number of hydrogen-bond acceptors (Lipinski definition) is 2. The monoisotopic (exact) mass is 127 g/mol. The van der Waals surface area contributed by atoms with Gasteiger partial charge in [-0.05, 0) is 6.92 Å². The van der Waals surface area contributed by atoms with E-state index >= 15 is 0 Å². The molecule has 0 unspecified atom stereocenters. The van der Waals surface area contributed by atoms with Gasteiger partial charge in [0.2, 0.25) is 0 Å². The molecule has 0 fully saturated rings. The van der Waals surface area contributed by atoms with E-state index in [2.05, 4.69) is 4.98 Å². The molecule has 1 aromatic heterocycles. The summed E-state index contributed by atoms with van der Waals surface area (Å²) in [6, 6.07) is 0. The van der Waals surface area contributed by atoms with E-state index in [-0.39, 0.29) is 0 Å². The van der Waals surface area contributed by atoms with E-state index < -0.39 is 0 Å². The van der Waals surface area contributed by atoms with Crippen molar-refractivity contribution in [2.75, 3.05) is 0 Å². The Morgan fingerprint density at radius 2 is 1.89 bits per heavy atom. The lowest BCUT2D eigenvalue weighted by Crippen LogP contribution is -1.59. The molecule has 0 saturated heterocycles. The molecule has 0 aliphatic carbocycles. The molecule has 0 aromatic carbocycles. The Kier molecular flexibility index (Phi) is 3.76. The van der Waals surface area contributed by atoms with Crippen molar-refractivity contribution in [1.29, 1.82) is 0 Å². The van der Waals surface area contributed by atoms with Crippen LogP contribution in [0.2, 0.25) is 0 Å². The Labute approximate surface area is 55.9 Å². The van der Waals surface area contributed by atoms with E-state index in [4.69, 9.17) is 4.42 Å². The van der Waals surface area contributed by atoms with E-state index in [1.54, 1.807) is 6.20 Å². The predicted octanol–water partition coefficient (Wildman–Crippen LogP) is 2.32. The van der Waals surface area contributed by atoms with E-state index in [9.17, 15) is 0 Å². The second-order valence-electron chi connectivity index (χ2n) is 1.49. The minimum absolute atomic E-state index is 0.734. The van der Waals surface area contributed by atoms with Crippen LogP contribution in [-0.4, -0.2) is 4.98 Å². The highest BCUT2D eigenvalue weighted by Gasteiger charge is 1.87. The van der Waals surface area contributed by atoms with E-state index in [0.29, 0.717) is 0 Å². The van der Waals surface area contributed by atoms with E-state index in [0.717, 1.165) is 11.7 Å². The van der Waals surface area contributed by atoms with Gasteiger partial charge in [0, 0.05) is 6.92 Å². The summed E-state index contributed by atoms with van der Waals surface area (Å²) in [5.74, 6) is 1.61. The molecule has 1 heterocycles. The van der Waals surface area contributed by atoms with Crippen LogP contribution in [0.5, 0.6) is 0 Å². The van der Waals surface area contributed by atoms with Crippen molar-refractivity contribution < 1.29 is 4.42 Å². The summed E-state index contributed by atoms with van der Waals surface area (Å²) >= 11 is 0. The van der Waals surface area contributed by atoms with Gasteiger partial charge < -0.3 is 4.42 Å². The summed E-state index contributed by atoms with van der Waals surface area (Å²) in [6.45, 7) is 7.70. The molecule has 0 N–H and O–H groups in total. The highest BCUT2D eigenvalue weighted by Crippen LogP contribution is 1.96. The van der Waals surface area contributed by atoms with Crippen molar-refractivity contribution in [3.05, 3.63) is 17.8 Å². The molecule has 52 valence electrons. The third-order valence-corrected chi connectivity index (χ3v) is 0.737. The molecule has 0 spiro atoms. The first-order valence-electron chi connectivity index (χ1n) is 3.18. The minimum atomic E-state index is 0.734. The normalized spacial score (nSPS) is 8.00. The van der Waals surface area contributed by atoms with Gasteiger partial charge >= 0.3 is 0 Å². The molecule has 0 bridgehead atoms. The van der Waals surface area contributed by atoms with Crippen LogP contribution in [0, 0.1) is 13.8 Å². The highest BCUT2D eigenvalue weighted by atomic mass is 16.3. The molecule has 9 heavy (non-hydrogen) atoms. The third kappa shape index (κ3) is 2.90. The third-order valence-electron chi connectivity index (χ3n) is 0.737. The second-order valence-corrected chi connectivity index (χ2v) is 1.49. The molecule has 0 radical (unpaired) electrons. The van der Waals surface area contributed by atoms with Crippen molar-refractivity contribution in [2.24, 2.45) is 0 Å². The van der Waals surface area contributed by atoms with E-state index in [1.165, 1.54) is 0 Å². The fourth-order valence-electron chi connectivity index (χ4n) is 0.467. The van der Waals surface area contributed by atoms with Gasteiger partial charge in [0.25, 0.3) is 0 Å². The second kappa shape index (κ2) is 4.13. The number of rotatable bonds is 0. The summed E-state index contributed by atoms with van der Waals surface area (Å²) in [7, 11) is 0. The Balaban J connectivity index is 0.000000291. The summed E-state index contributed by atoms with van der Waals surface area (Å²) < 4.78 is 4.97. The maximum Gasteiger partial charge on any atom is 0.191 e. The molecular weight excluding hydrogens is 114 g/mol. The number of aromatic nitrogens is 1. The zero-order chi connectivity index (χ0) is 7.28. The molecule has 0 saturated carbocycles. The van der Waals surface area contributed by atoms with Crippen molar-refractivity contribution in [2.45, 2.75) is 27.7 Å². The first-order valence-corrected chi connectivity index (χ1v) is 3.18. The summed E-state index contributed by atoms with van der Waals surface area (Å²) in [4.78, 5) is 3.85. The topological polar surface area (TPSA) is 26.0 Å². The maximum atomic E-state index is 4.97. The van der Waals surface area contributed by atoms with Crippen LogP contribution in [0.4, 0.5) is 0 Å². The van der Waals surface area contributed by atoms with Crippen molar-refractivity contribution >= 4 is 0 Å². The fourth-order valence-corrected chi connectivity index (χ4v) is 0.467. The van der Waals surface area contributed by atoms with Crippen molar-refractivity contribution in [3.63, 3.8) is 0 Å². The number of hydrogen-bond donors (Lipinski definition) is 0. The van der Waals surface area contributed by atoms with Gasteiger partial charge in [-0.1, -0.05) is 13.8 Å². The summed E-state index contributed by atoms with van der Waals surface area (Å²) in [6.07, 6.45) is 1.70. The first kappa shape index (κ1) is 8.21. The molecule has 1 aromatic rings. The lowest BCUT2D eigenvalue weighted by molar-refractivity contribution is 0.494. The van der Waals surface area contributed by atoms with Gasteiger partial charge in [-0.15, -0.1) is 0 Å². The van der Waals surface area contributed by atoms with Crippen LogP contribution in [0.25, 0.3) is 0 Å². The molecule has 0 aliphatic rings. The smallest absolute Gasteiger partial charge is 0.191 e.